The first kappa shape index (κ1) is 12.1. The Labute approximate surface area is 99.8 Å². The summed E-state index contributed by atoms with van der Waals surface area (Å²) in [5, 5.41) is 8.91. The molecule has 2 amide bonds. The lowest BCUT2D eigenvalue weighted by molar-refractivity contribution is -0.150. The van der Waals surface area contributed by atoms with E-state index in [2.05, 4.69) is 0 Å². The SMILES string of the molecule is CC(C)(C)C(CC(=O)O)N1C(=O)C2CC2C1=O. The normalized spacial score (nSPS) is 29.2. The molecule has 3 atom stereocenters. The molecule has 3 unspecified atom stereocenters. The topological polar surface area (TPSA) is 74.7 Å². The predicted molar refractivity (Wildman–Crippen MR) is 58.9 cm³/mol. The van der Waals surface area contributed by atoms with Gasteiger partial charge in [0.2, 0.25) is 11.8 Å². The second-order valence-corrected chi connectivity index (χ2v) is 5.97. The van der Waals surface area contributed by atoms with Crippen LogP contribution in [0.5, 0.6) is 0 Å². The van der Waals surface area contributed by atoms with Crippen LogP contribution in [0.4, 0.5) is 0 Å². The molecule has 2 fully saturated rings. The van der Waals surface area contributed by atoms with Gasteiger partial charge in [-0.05, 0) is 11.8 Å². The van der Waals surface area contributed by atoms with Crippen molar-refractivity contribution in [3.63, 3.8) is 0 Å². The van der Waals surface area contributed by atoms with Gasteiger partial charge in [-0.25, -0.2) is 0 Å². The Kier molecular flexibility index (Phi) is 2.52. The van der Waals surface area contributed by atoms with Crippen molar-refractivity contribution in [3.05, 3.63) is 0 Å². The summed E-state index contributed by atoms with van der Waals surface area (Å²) in [4.78, 5) is 35.9. The minimum atomic E-state index is -0.980. The quantitative estimate of drug-likeness (QED) is 0.742. The van der Waals surface area contributed by atoms with Crippen LogP contribution in [0.1, 0.15) is 33.6 Å². The highest BCUT2D eigenvalue weighted by Gasteiger charge is 2.61. The van der Waals surface area contributed by atoms with Gasteiger partial charge in [-0.3, -0.25) is 19.3 Å². The molecule has 2 aliphatic rings. The molecule has 0 aromatic heterocycles. The number of rotatable bonds is 3. The number of nitrogens with zero attached hydrogens (tertiary/aromatic N) is 1. The minimum absolute atomic E-state index is 0.166. The highest BCUT2D eigenvalue weighted by atomic mass is 16.4. The fourth-order valence-corrected chi connectivity index (χ4v) is 2.46. The van der Waals surface area contributed by atoms with E-state index < -0.39 is 17.4 Å². The van der Waals surface area contributed by atoms with Gasteiger partial charge in [0.1, 0.15) is 0 Å². The second kappa shape index (κ2) is 3.55. The van der Waals surface area contributed by atoms with Crippen LogP contribution in [0.3, 0.4) is 0 Å². The van der Waals surface area contributed by atoms with E-state index in [-0.39, 0.29) is 30.1 Å². The molecule has 1 saturated carbocycles. The summed E-state index contributed by atoms with van der Waals surface area (Å²) in [5.74, 6) is -1.67. The summed E-state index contributed by atoms with van der Waals surface area (Å²) < 4.78 is 0. The summed E-state index contributed by atoms with van der Waals surface area (Å²) in [5.41, 5.74) is -0.416. The minimum Gasteiger partial charge on any atom is -0.481 e. The monoisotopic (exact) mass is 239 g/mol. The zero-order valence-corrected chi connectivity index (χ0v) is 10.3. The van der Waals surface area contributed by atoms with E-state index in [9.17, 15) is 14.4 Å². The zero-order valence-electron chi connectivity index (χ0n) is 10.3. The number of carbonyl (C=O) groups is 3. The smallest absolute Gasteiger partial charge is 0.305 e. The second-order valence-electron chi connectivity index (χ2n) is 5.97. The number of hydrogen-bond donors (Lipinski definition) is 1. The van der Waals surface area contributed by atoms with Crippen molar-refractivity contribution in [3.8, 4) is 0 Å². The maximum absolute atomic E-state index is 11.9. The highest BCUT2D eigenvalue weighted by Crippen LogP contribution is 2.49. The van der Waals surface area contributed by atoms with E-state index in [1.807, 2.05) is 20.8 Å². The largest absolute Gasteiger partial charge is 0.481 e. The lowest BCUT2D eigenvalue weighted by Crippen LogP contribution is -2.49. The van der Waals surface area contributed by atoms with E-state index in [1.165, 1.54) is 4.90 Å². The van der Waals surface area contributed by atoms with Crippen LogP contribution in [0.25, 0.3) is 0 Å². The summed E-state index contributed by atoms with van der Waals surface area (Å²) in [6.45, 7) is 5.56. The molecule has 0 aromatic carbocycles. The van der Waals surface area contributed by atoms with E-state index in [0.717, 1.165) is 0 Å². The Morgan fingerprint density at radius 3 is 2.18 bits per heavy atom. The van der Waals surface area contributed by atoms with Crippen LogP contribution >= 0.6 is 0 Å². The molecule has 17 heavy (non-hydrogen) atoms. The number of imide groups is 1. The van der Waals surface area contributed by atoms with Crippen molar-refractivity contribution in [2.45, 2.75) is 39.7 Å². The first-order chi connectivity index (χ1) is 7.73. The predicted octanol–water partition coefficient (Wildman–Crippen LogP) is 0.881. The number of aliphatic carboxylic acids is 1. The molecular weight excluding hydrogens is 222 g/mol. The third-order valence-electron chi connectivity index (χ3n) is 3.58. The molecule has 0 spiro atoms. The van der Waals surface area contributed by atoms with Crippen LogP contribution in [-0.2, 0) is 14.4 Å². The van der Waals surface area contributed by atoms with Gasteiger partial charge in [0.05, 0.1) is 24.3 Å². The molecule has 5 nitrogen and oxygen atoms in total. The average molecular weight is 239 g/mol. The van der Waals surface area contributed by atoms with Crippen LogP contribution in [0.2, 0.25) is 0 Å². The third kappa shape index (κ3) is 1.94. The van der Waals surface area contributed by atoms with Crippen molar-refractivity contribution in [2.75, 3.05) is 0 Å². The summed E-state index contributed by atoms with van der Waals surface area (Å²) in [6.07, 6.45) is 0.471. The standard InChI is InChI=1S/C12H17NO4/c1-12(2,3)8(5-9(14)15)13-10(16)6-4-7(6)11(13)17/h6-8H,4-5H2,1-3H3,(H,14,15). The van der Waals surface area contributed by atoms with Gasteiger partial charge in [-0.1, -0.05) is 20.8 Å². The number of carboxylic acid groups (broad SMARTS) is 1. The number of fused-ring (bicyclic) bond motifs is 1. The molecule has 1 N–H and O–H groups in total. The molecule has 1 aliphatic heterocycles. The number of carboxylic acids is 1. The Morgan fingerprint density at radius 2 is 1.82 bits per heavy atom. The molecule has 94 valence electrons. The number of piperidine rings is 1. The summed E-state index contributed by atoms with van der Waals surface area (Å²) >= 11 is 0. The Bertz CT molecular complexity index is 376. The van der Waals surface area contributed by atoms with Gasteiger partial charge >= 0.3 is 5.97 Å². The molecule has 0 bridgehead atoms. The van der Waals surface area contributed by atoms with Gasteiger partial charge in [0.25, 0.3) is 0 Å². The van der Waals surface area contributed by atoms with E-state index >= 15 is 0 Å². The molecule has 1 heterocycles. The van der Waals surface area contributed by atoms with Crippen molar-refractivity contribution in [1.82, 2.24) is 4.90 Å². The first-order valence-electron chi connectivity index (χ1n) is 5.82. The molecule has 5 heteroatoms. The van der Waals surface area contributed by atoms with E-state index in [0.29, 0.717) is 6.42 Å². The van der Waals surface area contributed by atoms with Crippen LogP contribution in [0, 0.1) is 17.3 Å². The number of hydrogen-bond acceptors (Lipinski definition) is 3. The molecule has 2 rings (SSSR count). The van der Waals surface area contributed by atoms with E-state index in [1.54, 1.807) is 0 Å². The van der Waals surface area contributed by atoms with Crippen molar-refractivity contribution < 1.29 is 19.5 Å². The molecule has 0 radical (unpaired) electrons. The Balaban J connectivity index is 2.24. The Morgan fingerprint density at radius 1 is 1.35 bits per heavy atom. The summed E-state index contributed by atoms with van der Waals surface area (Å²) in [6, 6.07) is -0.548. The number of likely N-dealkylation sites (tertiary alicyclic amines) is 1. The third-order valence-corrected chi connectivity index (χ3v) is 3.58. The molecule has 1 aliphatic carbocycles. The lowest BCUT2D eigenvalue weighted by atomic mass is 9.83. The number of amides is 2. The molecule has 0 aromatic rings. The zero-order chi connectivity index (χ0) is 13.0. The number of carbonyl (C=O) groups excluding carboxylic acids is 2. The lowest BCUT2D eigenvalue weighted by Gasteiger charge is -2.36. The maximum Gasteiger partial charge on any atom is 0.305 e. The van der Waals surface area contributed by atoms with Gasteiger partial charge in [-0.2, -0.15) is 0 Å². The highest BCUT2D eigenvalue weighted by molar-refractivity contribution is 6.09. The average Bonchev–Trinajstić information content (AvgIpc) is 2.88. The molecular formula is C12H17NO4. The summed E-state index contributed by atoms with van der Waals surface area (Å²) in [7, 11) is 0. The Hall–Kier alpha value is -1.39. The molecule has 1 saturated heterocycles. The maximum atomic E-state index is 11.9. The van der Waals surface area contributed by atoms with Crippen LogP contribution in [0.15, 0.2) is 0 Å². The van der Waals surface area contributed by atoms with Gasteiger partial charge in [0, 0.05) is 0 Å². The van der Waals surface area contributed by atoms with Gasteiger partial charge < -0.3 is 5.11 Å². The fourth-order valence-electron chi connectivity index (χ4n) is 2.46. The van der Waals surface area contributed by atoms with Crippen molar-refractivity contribution in [2.24, 2.45) is 17.3 Å². The van der Waals surface area contributed by atoms with Crippen molar-refractivity contribution in [1.29, 1.82) is 0 Å². The van der Waals surface area contributed by atoms with Crippen molar-refractivity contribution >= 4 is 17.8 Å². The van der Waals surface area contributed by atoms with Gasteiger partial charge in [-0.15, -0.1) is 0 Å². The van der Waals surface area contributed by atoms with Gasteiger partial charge in [0.15, 0.2) is 0 Å². The van der Waals surface area contributed by atoms with E-state index in [4.69, 9.17) is 5.11 Å². The fraction of sp³-hybridized carbons (Fsp3) is 0.750. The first-order valence-corrected chi connectivity index (χ1v) is 5.82. The van der Waals surface area contributed by atoms with Crippen LogP contribution in [-0.4, -0.2) is 33.8 Å². The van der Waals surface area contributed by atoms with Crippen LogP contribution < -0.4 is 0 Å².